The van der Waals surface area contributed by atoms with Crippen LogP contribution in [0.4, 0.5) is 13.2 Å². The molecule has 0 saturated carbocycles. The van der Waals surface area contributed by atoms with Crippen molar-refractivity contribution in [1.82, 2.24) is 10.0 Å². The molecule has 11 heteroatoms. The Bertz CT molecular complexity index is 1090. The van der Waals surface area contributed by atoms with Crippen molar-refractivity contribution in [3.8, 4) is 11.8 Å². The number of piperidine rings is 1. The molecule has 1 aliphatic heterocycles. The first-order valence-electron chi connectivity index (χ1n) is 9.78. The minimum atomic E-state index is -4.69. The molecule has 1 saturated heterocycles. The molecular weight excluding hydrogens is 467 g/mol. The lowest BCUT2D eigenvalue weighted by Gasteiger charge is -2.32. The third kappa shape index (κ3) is 6.36. The molecule has 32 heavy (non-hydrogen) atoms. The van der Waals surface area contributed by atoms with E-state index in [0.29, 0.717) is 11.6 Å². The van der Waals surface area contributed by atoms with Gasteiger partial charge in [0.05, 0.1) is 17.1 Å². The SMILES string of the molecule is N#Cc1cc(S(=O)(=O)NCC(F)(F)F)ccc1OCC1CNCCC1c1ccc(Cl)cc1. The van der Waals surface area contributed by atoms with Gasteiger partial charge in [-0.1, -0.05) is 23.7 Å². The zero-order valence-corrected chi connectivity index (χ0v) is 18.4. The van der Waals surface area contributed by atoms with Crippen molar-refractivity contribution in [3.05, 3.63) is 58.6 Å². The number of sulfonamides is 1. The number of alkyl halides is 3. The molecule has 6 nitrogen and oxygen atoms in total. The third-order valence-corrected chi connectivity index (χ3v) is 6.85. The molecule has 0 bridgehead atoms. The molecule has 0 amide bonds. The lowest BCUT2D eigenvalue weighted by molar-refractivity contribution is -0.121. The zero-order valence-electron chi connectivity index (χ0n) is 16.8. The van der Waals surface area contributed by atoms with Gasteiger partial charge in [-0.15, -0.1) is 0 Å². The second-order valence-electron chi connectivity index (χ2n) is 7.43. The summed E-state index contributed by atoms with van der Waals surface area (Å²) in [5, 5.41) is 13.4. The van der Waals surface area contributed by atoms with Gasteiger partial charge in [-0.05, 0) is 54.8 Å². The summed E-state index contributed by atoms with van der Waals surface area (Å²) in [6.07, 6.45) is -3.80. The minimum absolute atomic E-state index is 0.0771. The summed E-state index contributed by atoms with van der Waals surface area (Å²) in [6, 6.07) is 12.9. The topological polar surface area (TPSA) is 91.2 Å². The summed E-state index contributed by atoms with van der Waals surface area (Å²) >= 11 is 5.98. The minimum Gasteiger partial charge on any atom is -0.492 e. The Kier molecular flexibility index (Phi) is 7.67. The number of ether oxygens (including phenoxy) is 1. The fourth-order valence-electron chi connectivity index (χ4n) is 3.59. The Labute approximate surface area is 189 Å². The van der Waals surface area contributed by atoms with Crippen LogP contribution in [0, 0.1) is 17.2 Å². The quantitative estimate of drug-likeness (QED) is 0.619. The Morgan fingerprint density at radius 1 is 1.22 bits per heavy atom. The Balaban J connectivity index is 1.73. The van der Waals surface area contributed by atoms with Crippen molar-refractivity contribution in [1.29, 1.82) is 5.26 Å². The molecule has 1 aliphatic rings. The largest absolute Gasteiger partial charge is 0.492 e. The first kappa shape index (κ1) is 24.3. The normalized spacial score (nSPS) is 19.3. The van der Waals surface area contributed by atoms with E-state index in [2.05, 4.69) is 5.32 Å². The molecule has 2 aromatic carbocycles. The molecule has 2 aromatic rings. The molecule has 2 atom stereocenters. The Morgan fingerprint density at radius 3 is 2.59 bits per heavy atom. The van der Waals surface area contributed by atoms with E-state index < -0.39 is 27.6 Å². The van der Waals surface area contributed by atoms with Crippen LogP contribution in [0.5, 0.6) is 5.75 Å². The Hall–Kier alpha value is -2.32. The van der Waals surface area contributed by atoms with E-state index in [1.54, 1.807) is 0 Å². The lowest BCUT2D eigenvalue weighted by atomic mass is 9.81. The number of hydrogen-bond acceptors (Lipinski definition) is 5. The molecule has 0 spiro atoms. The van der Waals surface area contributed by atoms with E-state index in [0.717, 1.165) is 30.7 Å². The molecule has 1 fully saturated rings. The first-order chi connectivity index (χ1) is 15.1. The molecule has 2 N–H and O–H groups in total. The fourth-order valence-corrected chi connectivity index (χ4v) is 4.76. The van der Waals surface area contributed by atoms with Gasteiger partial charge in [-0.25, -0.2) is 13.1 Å². The van der Waals surface area contributed by atoms with E-state index in [-0.39, 0.29) is 29.8 Å². The molecule has 3 rings (SSSR count). The van der Waals surface area contributed by atoms with Gasteiger partial charge < -0.3 is 10.1 Å². The van der Waals surface area contributed by atoms with Crippen LogP contribution in [0.1, 0.15) is 23.5 Å². The highest BCUT2D eigenvalue weighted by Gasteiger charge is 2.31. The van der Waals surface area contributed by atoms with Crippen LogP contribution in [0.25, 0.3) is 0 Å². The average Bonchev–Trinajstić information content (AvgIpc) is 2.76. The van der Waals surface area contributed by atoms with Crippen molar-refractivity contribution in [2.75, 3.05) is 26.2 Å². The van der Waals surface area contributed by atoms with Crippen LogP contribution in [0.15, 0.2) is 47.4 Å². The van der Waals surface area contributed by atoms with Crippen molar-refractivity contribution >= 4 is 21.6 Å². The molecule has 1 heterocycles. The van der Waals surface area contributed by atoms with Crippen molar-refractivity contribution < 1.29 is 26.3 Å². The van der Waals surface area contributed by atoms with Crippen molar-refractivity contribution in [2.24, 2.45) is 5.92 Å². The van der Waals surface area contributed by atoms with Crippen LogP contribution >= 0.6 is 11.6 Å². The lowest BCUT2D eigenvalue weighted by Crippen LogP contribution is -2.38. The van der Waals surface area contributed by atoms with E-state index in [4.69, 9.17) is 16.3 Å². The highest BCUT2D eigenvalue weighted by atomic mass is 35.5. The van der Waals surface area contributed by atoms with Crippen LogP contribution in [-0.4, -0.2) is 40.8 Å². The van der Waals surface area contributed by atoms with Gasteiger partial charge in [0.15, 0.2) is 0 Å². The Morgan fingerprint density at radius 2 is 1.94 bits per heavy atom. The molecule has 0 radical (unpaired) electrons. The summed E-state index contributed by atoms with van der Waals surface area (Å²) in [5.74, 6) is 0.473. The first-order valence-corrected chi connectivity index (χ1v) is 11.6. The summed E-state index contributed by atoms with van der Waals surface area (Å²) in [7, 11) is -4.42. The van der Waals surface area contributed by atoms with Gasteiger partial charge in [-0.2, -0.15) is 18.4 Å². The van der Waals surface area contributed by atoms with E-state index >= 15 is 0 Å². The van der Waals surface area contributed by atoms with Crippen molar-refractivity contribution in [3.63, 3.8) is 0 Å². The number of halogens is 4. The highest BCUT2D eigenvalue weighted by Crippen LogP contribution is 2.32. The van der Waals surface area contributed by atoms with Crippen LogP contribution < -0.4 is 14.8 Å². The van der Waals surface area contributed by atoms with E-state index in [1.165, 1.54) is 10.8 Å². The van der Waals surface area contributed by atoms with Crippen LogP contribution in [-0.2, 0) is 10.0 Å². The standard InChI is InChI=1S/C21H21ClF3N3O3S/c22-17-3-1-14(2-4-17)19-7-8-27-11-16(19)12-31-20-6-5-18(9-15(20)10-26)32(29,30)28-13-21(23,24)25/h1-6,9,16,19,27-28H,7-8,11-13H2. The molecule has 2 unspecified atom stereocenters. The summed E-state index contributed by atoms with van der Waals surface area (Å²) in [6.45, 7) is 0.122. The van der Waals surface area contributed by atoms with Gasteiger partial charge in [0.1, 0.15) is 18.4 Å². The number of benzene rings is 2. The van der Waals surface area contributed by atoms with Crippen LogP contribution in [0.2, 0.25) is 5.02 Å². The van der Waals surface area contributed by atoms with Gasteiger partial charge in [0.2, 0.25) is 10.0 Å². The third-order valence-electron chi connectivity index (χ3n) is 5.20. The monoisotopic (exact) mass is 487 g/mol. The maximum Gasteiger partial charge on any atom is 0.402 e. The fraction of sp³-hybridized carbons (Fsp3) is 0.381. The van der Waals surface area contributed by atoms with Gasteiger partial charge in [0.25, 0.3) is 0 Å². The number of nitrogens with zero attached hydrogens (tertiary/aromatic N) is 1. The summed E-state index contributed by atoms with van der Waals surface area (Å²) in [5.41, 5.74) is 1.05. The second kappa shape index (κ2) is 10.1. The predicted octanol–water partition coefficient (Wildman–Crippen LogP) is 3.82. The maximum absolute atomic E-state index is 12.4. The summed E-state index contributed by atoms with van der Waals surface area (Å²) < 4.78 is 68.6. The number of rotatable bonds is 7. The highest BCUT2D eigenvalue weighted by molar-refractivity contribution is 7.89. The second-order valence-corrected chi connectivity index (χ2v) is 9.63. The van der Waals surface area contributed by atoms with Gasteiger partial charge in [0, 0.05) is 17.5 Å². The number of nitriles is 1. The average molecular weight is 488 g/mol. The molecule has 172 valence electrons. The summed E-state index contributed by atoms with van der Waals surface area (Å²) in [4.78, 5) is -0.441. The number of nitrogens with one attached hydrogen (secondary N) is 2. The van der Waals surface area contributed by atoms with Gasteiger partial charge in [-0.3, -0.25) is 0 Å². The van der Waals surface area contributed by atoms with Crippen LogP contribution in [0.3, 0.4) is 0 Å². The maximum atomic E-state index is 12.4. The molecule has 0 aliphatic carbocycles. The van der Waals surface area contributed by atoms with E-state index in [9.17, 15) is 26.9 Å². The van der Waals surface area contributed by atoms with E-state index in [1.807, 2.05) is 30.3 Å². The zero-order chi connectivity index (χ0) is 23.4. The predicted molar refractivity (Wildman–Crippen MR) is 113 cm³/mol. The van der Waals surface area contributed by atoms with Crippen molar-refractivity contribution in [2.45, 2.75) is 23.4 Å². The smallest absolute Gasteiger partial charge is 0.402 e. The molecular formula is C21H21ClF3N3O3S. The molecule has 0 aromatic heterocycles. The van der Waals surface area contributed by atoms with Gasteiger partial charge >= 0.3 is 6.18 Å². The number of hydrogen-bond donors (Lipinski definition) is 2.